The standard InChI is InChI=1S/C17H17NO2S/c1-21-14-6-4-5-12(9-14)17(19)18-10-13-11-20-16-8-3-2-7-15(13)16/h2-9,13H,10-11H2,1H3,(H,18,19). The molecule has 0 fully saturated rings. The molecule has 3 nitrogen and oxygen atoms in total. The maximum absolute atomic E-state index is 12.2. The molecular weight excluding hydrogens is 282 g/mol. The Balaban J connectivity index is 1.64. The van der Waals surface area contributed by atoms with E-state index in [1.807, 2.05) is 48.7 Å². The summed E-state index contributed by atoms with van der Waals surface area (Å²) in [5, 5.41) is 3.00. The van der Waals surface area contributed by atoms with Crippen LogP contribution in [0.25, 0.3) is 0 Å². The van der Waals surface area contributed by atoms with Gasteiger partial charge in [-0.3, -0.25) is 4.79 Å². The van der Waals surface area contributed by atoms with Crippen LogP contribution in [-0.2, 0) is 0 Å². The molecule has 0 aliphatic carbocycles. The quantitative estimate of drug-likeness (QED) is 0.880. The summed E-state index contributed by atoms with van der Waals surface area (Å²) < 4.78 is 5.63. The zero-order valence-electron chi connectivity index (χ0n) is 11.8. The number of carbonyl (C=O) groups excluding carboxylic acids is 1. The van der Waals surface area contributed by atoms with Gasteiger partial charge < -0.3 is 10.1 Å². The molecule has 3 rings (SSSR count). The summed E-state index contributed by atoms with van der Waals surface area (Å²) in [4.78, 5) is 13.3. The van der Waals surface area contributed by atoms with Crippen molar-refractivity contribution in [1.82, 2.24) is 5.32 Å². The van der Waals surface area contributed by atoms with E-state index in [-0.39, 0.29) is 11.8 Å². The largest absolute Gasteiger partial charge is 0.493 e. The van der Waals surface area contributed by atoms with Crippen LogP contribution in [0.4, 0.5) is 0 Å². The first-order chi connectivity index (χ1) is 10.3. The lowest BCUT2D eigenvalue weighted by molar-refractivity contribution is 0.0950. The first-order valence-electron chi connectivity index (χ1n) is 6.92. The van der Waals surface area contributed by atoms with Gasteiger partial charge in [0.25, 0.3) is 5.91 Å². The second kappa shape index (κ2) is 6.22. The molecule has 4 heteroatoms. The number of ether oxygens (including phenoxy) is 1. The Bertz CT molecular complexity index is 657. The van der Waals surface area contributed by atoms with E-state index in [0.717, 1.165) is 10.6 Å². The number of para-hydroxylation sites is 1. The molecule has 1 aliphatic heterocycles. The van der Waals surface area contributed by atoms with E-state index in [1.54, 1.807) is 11.8 Å². The predicted molar refractivity (Wildman–Crippen MR) is 85.2 cm³/mol. The highest BCUT2D eigenvalue weighted by molar-refractivity contribution is 7.98. The third kappa shape index (κ3) is 3.05. The zero-order valence-corrected chi connectivity index (χ0v) is 12.7. The van der Waals surface area contributed by atoms with Crippen molar-refractivity contribution in [1.29, 1.82) is 0 Å². The lowest BCUT2D eigenvalue weighted by Crippen LogP contribution is -2.29. The van der Waals surface area contributed by atoms with Gasteiger partial charge in [-0.1, -0.05) is 24.3 Å². The van der Waals surface area contributed by atoms with Crippen LogP contribution in [0.15, 0.2) is 53.4 Å². The molecule has 0 saturated heterocycles. The maximum atomic E-state index is 12.2. The van der Waals surface area contributed by atoms with Gasteiger partial charge in [0.2, 0.25) is 0 Å². The van der Waals surface area contributed by atoms with Gasteiger partial charge >= 0.3 is 0 Å². The number of hydrogen-bond acceptors (Lipinski definition) is 3. The van der Waals surface area contributed by atoms with Gasteiger partial charge in [0.05, 0.1) is 6.61 Å². The van der Waals surface area contributed by atoms with E-state index in [1.165, 1.54) is 5.56 Å². The second-order valence-corrected chi connectivity index (χ2v) is 5.87. The van der Waals surface area contributed by atoms with Crippen molar-refractivity contribution < 1.29 is 9.53 Å². The zero-order chi connectivity index (χ0) is 14.7. The molecule has 0 saturated carbocycles. The average molecular weight is 299 g/mol. The van der Waals surface area contributed by atoms with Crippen LogP contribution >= 0.6 is 11.8 Å². The number of amides is 1. The van der Waals surface area contributed by atoms with E-state index in [4.69, 9.17) is 4.74 Å². The monoisotopic (exact) mass is 299 g/mol. The van der Waals surface area contributed by atoms with Gasteiger partial charge in [0, 0.05) is 28.5 Å². The molecule has 1 aliphatic rings. The van der Waals surface area contributed by atoms with Gasteiger partial charge in [-0.25, -0.2) is 0 Å². The molecule has 0 radical (unpaired) electrons. The molecule has 2 aromatic rings. The Morgan fingerprint density at radius 3 is 3.00 bits per heavy atom. The molecule has 1 atom stereocenters. The molecular formula is C17H17NO2S. The molecule has 1 N–H and O–H groups in total. The number of nitrogens with one attached hydrogen (secondary N) is 1. The molecule has 0 aromatic heterocycles. The van der Waals surface area contributed by atoms with E-state index in [0.29, 0.717) is 18.7 Å². The lowest BCUT2D eigenvalue weighted by Gasteiger charge is -2.11. The fourth-order valence-corrected chi connectivity index (χ4v) is 2.94. The summed E-state index contributed by atoms with van der Waals surface area (Å²) in [6.07, 6.45) is 2.00. The van der Waals surface area contributed by atoms with Gasteiger partial charge in [0.1, 0.15) is 5.75 Å². The van der Waals surface area contributed by atoms with Crippen molar-refractivity contribution in [2.75, 3.05) is 19.4 Å². The van der Waals surface area contributed by atoms with Gasteiger partial charge in [-0.05, 0) is 30.5 Å². The number of benzene rings is 2. The van der Waals surface area contributed by atoms with Gasteiger partial charge in [0.15, 0.2) is 0 Å². The molecule has 21 heavy (non-hydrogen) atoms. The van der Waals surface area contributed by atoms with Crippen molar-refractivity contribution in [3.8, 4) is 5.75 Å². The Hall–Kier alpha value is -1.94. The van der Waals surface area contributed by atoms with Crippen LogP contribution < -0.4 is 10.1 Å². The first kappa shape index (κ1) is 14.0. The minimum atomic E-state index is -0.0321. The Kier molecular flexibility index (Phi) is 4.15. The molecule has 1 unspecified atom stereocenters. The highest BCUT2D eigenvalue weighted by Gasteiger charge is 2.23. The lowest BCUT2D eigenvalue weighted by atomic mass is 10.0. The van der Waals surface area contributed by atoms with Crippen molar-refractivity contribution >= 4 is 17.7 Å². The van der Waals surface area contributed by atoms with Crippen molar-refractivity contribution in [3.05, 3.63) is 59.7 Å². The summed E-state index contributed by atoms with van der Waals surface area (Å²) >= 11 is 1.63. The predicted octanol–water partition coefficient (Wildman–Crippen LogP) is 3.31. The molecule has 2 aromatic carbocycles. The van der Waals surface area contributed by atoms with Crippen LogP contribution in [0, 0.1) is 0 Å². The topological polar surface area (TPSA) is 38.3 Å². The smallest absolute Gasteiger partial charge is 0.251 e. The molecule has 0 spiro atoms. The summed E-state index contributed by atoms with van der Waals surface area (Å²) in [7, 11) is 0. The third-order valence-corrected chi connectivity index (χ3v) is 4.37. The van der Waals surface area contributed by atoms with Crippen molar-refractivity contribution in [3.63, 3.8) is 0 Å². The van der Waals surface area contributed by atoms with Crippen LogP contribution in [0.5, 0.6) is 5.75 Å². The summed E-state index contributed by atoms with van der Waals surface area (Å²) in [6.45, 7) is 1.23. The van der Waals surface area contributed by atoms with Crippen LogP contribution in [0.3, 0.4) is 0 Å². The molecule has 108 valence electrons. The second-order valence-electron chi connectivity index (χ2n) is 4.99. The van der Waals surface area contributed by atoms with Gasteiger partial charge in [-0.15, -0.1) is 11.8 Å². The van der Waals surface area contributed by atoms with E-state index < -0.39 is 0 Å². The van der Waals surface area contributed by atoms with E-state index in [2.05, 4.69) is 11.4 Å². The minimum absolute atomic E-state index is 0.0321. The Morgan fingerprint density at radius 1 is 1.29 bits per heavy atom. The summed E-state index contributed by atoms with van der Waals surface area (Å²) in [6, 6.07) is 15.7. The fourth-order valence-electron chi connectivity index (χ4n) is 2.48. The molecule has 1 heterocycles. The molecule has 0 bridgehead atoms. The normalized spacial score (nSPS) is 16.1. The Labute approximate surface area is 128 Å². The summed E-state index contributed by atoms with van der Waals surface area (Å²) in [5.41, 5.74) is 1.88. The van der Waals surface area contributed by atoms with E-state index in [9.17, 15) is 4.79 Å². The highest BCUT2D eigenvalue weighted by Crippen LogP contribution is 2.32. The number of carbonyl (C=O) groups is 1. The molecule has 1 amide bonds. The van der Waals surface area contributed by atoms with Crippen LogP contribution in [-0.4, -0.2) is 25.3 Å². The fraction of sp³-hybridized carbons (Fsp3) is 0.235. The number of rotatable bonds is 4. The SMILES string of the molecule is CSc1cccc(C(=O)NCC2COc3ccccc32)c1. The van der Waals surface area contributed by atoms with Crippen molar-refractivity contribution in [2.45, 2.75) is 10.8 Å². The summed E-state index contributed by atoms with van der Waals surface area (Å²) in [5.74, 6) is 1.13. The van der Waals surface area contributed by atoms with Crippen LogP contribution in [0.1, 0.15) is 21.8 Å². The third-order valence-electron chi connectivity index (χ3n) is 3.64. The maximum Gasteiger partial charge on any atom is 0.251 e. The van der Waals surface area contributed by atoms with Crippen molar-refractivity contribution in [2.24, 2.45) is 0 Å². The van der Waals surface area contributed by atoms with Gasteiger partial charge in [-0.2, -0.15) is 0 Å². The average Bonchev–Trinajstić information content (AvgIpc) is 2.96. The first-order valence-corrected chi connectivity index (χ1v) is 8.14. The minimum Gasteiger partial charge on any atom is -0.493 e. The van der Waals surface area contributed by atoms with E-state index >= 15 is 0 Å². The number of hydrogen-bond donors (Lipinski definition) is 1. The Morgan fingerprint density at radius 2 is 2.14 bits per heavy atom. The number of fused-ring (bicyclic) bond motifs is 1. The highest BCUT2D eigenvalue weighted by atomic mass is 32.2. The number of thioether (sulfide) groups is 1. The van der Waals surface area contributed by atoms with Crippen LogP contribution in [0.2, 0.25) is 0 Å².